The molecule has 3 rings (SSSR count). The van der Waals surface area contributed by atoms with Gasteiger partial charge in [-0.3, -0.25) is 14.2 Å². The number of alkyl halides is 3. The standard InChI is InChI=1S/C17H9ClF3N5O3/c1-22-11-4-10(18)5-12(6-11)29-13-14(17(19,20)21)23-8-26(16(13)28)7-9-2-3-24-25-15(9)27/h2-6,8-9H,7H2. The van der Waals surface area contributed by atoms with Gasteiger partial charge in [0.1, 0.15) is 5.75 Å². The summed E-state index contributed by atoms with van der Waals surface area (Å²) < 4.78 is 46.0. The average Bonchev–Trinajstić information content (AvgIpc) is 2.65. The molecule has 0 spiro atoms. The third-order valence-electron chi connectivity index (χ3n) is 3.72. The number of hydrogen-bond acceptors (Lipinski definition) is 5. The van der Waals surface area contributed by atoms with E-state index in [0.29, 0.717) is 6.33 Å². The summed E-state index contributed by atoms with van der Waals surface area (Å²) in [5.74, 6) is -2.89. The van der Waals surface area contributed by atoms with Crippen molar-refractivity contribution >= 4 is 23.2 Å². The Morgan fingerprint density at radius 2 is 2.03 bits per heavy atom. The molecular weight excluding hydrogens is 415 g/mol. The summed E-state index contributed by atoms with van der Waals surface area (Å²) >= 11 is 5.83. The third kappa shape index (κ3) is 4.49. The molecule has 0 saturated carbocycles. The molecule has 2 heterocycles. The Bertz CT molecular complexity index is 1130. The zero-order chi connectivity index (χ0) is 21.2. The second-order valence-electron chi connectivity index (χ2n) is 5.74. The molecular formula is C17H9ClF3N5O3. The minimum Gasteiger partial charge on any atom is -0.451 e. The Morgan fingerprint density at radius 3 is 2.69 bits per heavy atom. The van der Waals surface area contributed by atoms with Gasteiger partial charge in [-0.05, 0) is 24.3 Å². The molecule has 12 heteroatoms. The molecule has 1 aromatic heterocycles. The van der Waals surface area contributed by atoms with E-state index in [2.05, 4.69) is 20.1 Å². The topological polar surface area (TPSA) is 90.3 Å². The first kappa shape index (κ1) is 20.2. The van der Waals surface area contributed by atoms with Crippen LogP contribution in [0.25, 0.3) is 4.85 Å². The number of amides is 1. The highest BCUT2D eigenvalue weighted by Gasteiger charge is 2.39. The SMILES string of the molecule is [C-]#[N+]c1cc(Cl)cc(Oc2c(C(F)(F)F)ncn(CC3C=CN=NC3=O)c2=O)c1. The molecule has 1 aliphatic rings. The normalized spacial score (nSPS) is 16.0. The Morgan fingerprint density at radius 1 is 1.28 bits per heavy atom. The predicted molar refractivity (Wildman–Crippen MR) is 93.8 cm³/mol. The number of hydrogen-bond donors (Lipinski definition) is 0. The molecule has 2 aromatic rings. The van der Waals surface area contributed by atoms with Crippen LogP contribution in [0.4, 0.5) is 18.9 Å². The fraction of sp³-hybridized carbons (Fsp3) is 0.176. The smallest absolute Gasteiger partial charge is 0.437 e. The zero-order valence-electron chi connectivity index (χ0n) is 14.2. The van der Waals surface area contributed by atoms with Gasteiger partial charge in [0.2, 0.25) is 5.75 Å². The average molecular weight is 424 g/mol. The number of azo groups is 1. The summed E-state index contributed by atoms with van der Waals surface area (Å²) in [6.07, 6.45) is -1.71. The highest BCUT2D eigenvalue weighted by molar-refractivity contribution is 6.31. The van der Waals surface area contributed by atoms with E-state index < -0.39 is 35.0 Å². The summed E-state index contributed by atoms with van der Waals surface area (Å²) in [6, 6.07) is 3.56. The minimum absolute atomic E-state index is 0.00794. The Labute approximate surface area is 165 Å². The van der Waals surface area contributed by atoms with Gasteiger partial charge in [0, 0.05) is 17.8 Å². The lowest BCUT2D eigenvalue weighted by Crippen LogP contribution is -2.30. The summed E-state index contributed by atoms with van der Waals surface area (Å²) in [6.45, 7) is 6.69. The van der Waals surface area contributed by atoms with Crippen LogP contribution in [0.15, 0.2) is 51.8 Å². The molecule has 0 radical (unpaired) electrons. The Balaban J connectivity index is 2.06. The maximum atomic E-state index is 13.4. The molecule has 1 aromatic carbocycles. The monoisotopic (exact) mass is 423 g/mol. The van der Waals surface area contributed by atoms with Crippen LogP contribution < -0.4 is 10.3 Å². The van der Waals surface area contributed by atoms with Crippen LogP contribution >= 0.6 is 11.6 Å². The molecule has 1 atom stereocenters. The molecule has 1 aliphatic heterocycles. The van der Waals surface area contributed by atoms with Crippen molar-refractivity contribution in [1.82, 2.24) is 9.55 Å². The van der Waals surface area contributed by atoms with E-state index in [1.807, 2.05) is 0 Å². The predicted octanol–water partition coefficient (Wildman–Crippen LogP) is 4.38. The van der Waals surface area contributed by atoms with Crippen molar-refractivity contribution < 1.29 is 22.7 Å². The van der Waals surface area contributed by atoms with Gasteiger partial charge in [0.15, 0.2) is 11.4 Å². The van der Waals surface area contributed by atoms with Gasteiger partial charge in [0.25, 0.3) is 11.5 Å². The fourth-order valence-electron chi connectivity index (χ4n) is 2.42. The third-order valence-corrected chi connectivity index (χ3v) is 3.94. The van der Waals surface area contributed by atoms with Crippen LogP contribution in [0.5, 0.6) is 11.5 Å². The van der Waals surface area contributed by atoms with Crippen molar-refractivity contribution in [3.8, 4) is 11.5 Å². The number of halogens is 4. The molecule has 0 bridgehead atoms. The van der Waals surface area contributed by atoms with Crippen molar-refractivity contribution in [2.75, 3.05) is 0 Å². The van der Waals surface area contributed by atoms with Crippen LogP contribution in [0, 0.1) is 12.5 Å². The summed E-state index contributed by atoms with van der Waals surface area (Å²) in [5, 5.41) is 6.76. The molecule has 1 unspecified atom stereocenters. The first-order chi connectivity index (χ1) is 13.7. The van der Waals surface area contributed by atoms with Crippen molar-refractivity contribution in [2.24, 2.45) is 16.1 Å². The van der Waals surface area contributed by atoms with E-state index in [9.17, 15) is 22.8 Å². The molecule has 1 amide bonds. The summed E-state index contributed by atoms with van der Waals surface area (Å²) in [7, 11) is 0. The molecule has 0 saturated heterocycles. The quantitative estimate of drug-likeness (QED) is 0.682. The maximum absolute atomic E-state index is 13.4. The van der Waals surface area contributed by atoms with Crippen molar-refractivity contribution in [3.63, 3.8) is 0 Å². The first-order valence-electron chi connectivity index (χ1n) is 7.83. The molecule has 0 fully saturated rings. The highest BCUT2D eigenvalue weighted by atomic mass is 35.5. The molecule has 148 valence electrons. The van der Waals surface area contributed by atoms with Crippen LogP contribution in [0.1, 0.15) is 5.69 Å². The van der Waals surface area contributed by atoms with Gasteiger partial charge in [-0.1, -0.05) is 11.6 Å². The van der Waals surface area contributed by atoms with E-state index >= 15 is 0 Å². The number of ether oxygens (including phenoxy) is 1. The number of benzene rings is 1. The maximum Gasteiger partial charge on any atom is 0.437 e. The Kier molecular flexibility index (Phi) is 5.47. The largest absolute Gasteiger partial charge is 0.451 e. The van der Waals surface area contributed by atoms with Gasteiger partial charge >= 0.3 is 6.18 Å². The number of carbonyl (C=O) groups excluding carboxylic acids is 1. The highest BCUT2D eigenvalue weighted by Crippen LogP contribution is 2.36. The van der Waals surface area contributed by atoms with Gasteiger partial charge in [0.05, 0.1) is 18.8 Å². The second-order valence-corrected chi connectivity index (χ2v) is 6.17. The van der Waals surface area contributed by atoms with E-state index in [1.165, 1.54) is 18.3 Å². The zero-order valence-corrected chi connectivity index (χ0v) is 15.0. The lowest BCUT2D eigenvalue weighted by Gasteiger charge is -2.16. The van der Waals surface area contributed by atoms with Crippen LogP contribution in [-0.2, 0) is 17.5 Å². The number of aromatic nitrogens is 2. The first-order valence-corrected chi connectivity index (χ1v) is 8.20. The molecule has 29 heavy (non-hydrogen) atoms. The minimum atomic E-state index is -4.98. The number of rotatable bonds is 4. The summed E-state index contributed by atoms with van der Waals surface area (Å²) in [4.78, 5) is 30.8. The fourth-order valence-corrected chi connectivity index (χ4v) is 2.64. The van der Waals surface area contributed by atoms with Gasteiger partial charge in [-0.2, -0.15) is 18.3 Å². The van der Waals surface area contributed by atoms with E-state index in [0.717, 1.165) is 16.7 Å². The van der Waals surface area contributed by atoms with Crippen LogP contribution in [-0.4, -0.2) is 15.5 Å². The van der Waals surface area contributed by atoms with Gasteiger partial charge in [-0.25, -0.2) is 9.83 Å². The second kappa shape index (κ2) is 7.84. The van der Waals surface area contributed by atoms with E-state index in [1.54, 1.807) is 0 Å². The van der Waals surface area contributed by atoms with Crippen molar-refractivity contribution in [1.29, 1.82) is 0 Å². The van der Waals surface area contributed by atoms with E-state index in [-0.39, 0.29) is 23.0 Å². The van der Waals surface area contributed by atoms with Gasteiger partial charge < -0.3 is 4.74 Å². The number of nitrogens with zero attached hydrogens (tertiary/aromatic N) is 5. The van der Waals surface area contributed by atoms with Crippen molar-refractivity contribution in [2.45, 2.75) is 12.7 Å². The summed E-state index contributed by atoms with van der Waals surface area (Å²) in [5.41, 5.74) is -2.71. The Hall–Kier alpha value is -3.52. The van der Waals surface area contributed by atoms with Crippen LogP contribution in [0.3, 0.4) is 0 Å². The molecule has 8 nitrogen and oxygen atoms in total. The molecule has 0 N–H and O–H groups in total. The lowest BCUT2D eigenvalue weighted by atomic mass is 10.1. The van der Waals surface area contributed by atoms with Crippen LogP contribution in [0.2, 0.25) is 5.02 Å². The number of carbonyl (C=O) groups is 1. The van der Waals surface area contributed by atoms with E-state index in [4.69, 9.17) is 22.9 Å². The van der Waals surface area contributed by atoms with Gasteiger partial charge in [-0.15, -0.1) is 5.11 Å². The van der Waals surface area contributed by atoms with Crippen molar-refractivity contribution in [3.05, 3.63) is 69.3 Å². The molecule has 0 aliphatic carbocycles. The lowest BCUT2D eigenvalue weighted by molar-refractivity contribution is -0.142.